The van der Waals surface area contributed by atoms with Gasteiger partial charge in [-0.2, -0.15) is 4.31 Å². The van der Waals surface area contributed by atoms with Crippen LogP contribution >= 0.6 is 11.3 Å². The molecule has 1 aliphatic rings. The van der Waals surface area contributed by atoms with Crippen LogP contribution in [0.25, 0.3) is 0 Å². The molecule has 1 aliphatic heterocycles. The van der Waals surface area contributed by atoms with Gasteiger partial charge in [0, 0.05) is 19.5 Å². The van der Waals surface area contributed by atoms with E-state index < -0.39 is 10.0 Å². The highest BCUT2D eigenvalue weighted by Gasteiger charge is 2.31. The van der Waals surface area contributed by atoms with Crippen LogP contribution in [0.1, 0.15) is 31.9 Å². The summed E-state index contributed by atoms with van der Waals surface area (Å²) in [5.41, 5.74) is 0.448. The molecule has 8 heteroatoms. The molecule has 1 amide bonds. The summed E-state index contributed by atoms with van der Waals surface area (Å²) in [6.07, 6.45) is 2.14. The number of hydrogen-bond donors (Lipinski definition) is 1. The second kappa shape index (κ2) is 5.56. The fourth-order valence-corrected chi connectivity index (χ4v) is 5.01. The fraction of sp³-hybridized carbons (Fsp3) is 0.636. The number of hydrogen-bond acceptors (Lipinski definition) is 5. The number of nitrogens with one attached hydrogen (secondary N) is 1. The van der Waals surface area contributed by atoms with E-state index in [0.717, 1.165) is 24.2 Å². The van der Waals surface area contributed by atoms with E-state index in [2.05, 4.69) is 10.3 Å². The molecule has 2 rings (SSSR count). The van der Waals surface area contributed by atoms with Gasteiger partial charge >= 0.3 is 0 Å². The maximum atomic E-state index is 12.4. The van der Waals surface area contributed by atoms with E-state index in [4.69, 9.17) is 0 Å². The third-order valence-corrected chi connectivity index (χ3v) is 6.52. The van der Waals surface area contributed by atoms with E-state index in [1.807, 2.05) is 0 Å². The Morgan fingerprint density at radius 2 is 2.05 bits per heavy atom. The number of aromatic nitrogens is 1. The van der Waals surface area contributed by atoms with E-state index >= 15 is 0 Å². The highest BCUT2D eigenvalue weighted by molar-refractivity contribution is 7.91. The van der Waals surface area contributed by atoms with E-state index in [1.165, 1.54) is 4.31 Å². The Balaban J connectivity index is 2.27. The summed E-state index contributed by atoms with van der Waals surface area (Å²) < 4.78 is 26.5. The van der Waals surface area contributed by atoms with Crippen molar-refractivity contribution >= 4 is 32.4 Å². The second-order valence-corrected chi connectivity index (χ2v) is 7.54. The largest absolute Gasteiger partial charge is 0.302 e. The Kier molecular flexibility index (Phi) is 4.22. The molecule has 6 nitrogen and oxygen atoms in total. The van der Waals surface area contributed by atoms with E-state index in [-0.39, 0.29) is 10.1 Å². The molecule has 1 saturated heterocycles. The average molecular weight is 303 g/mol. The Morgan fingerprint density at radius 3 is 2.63 bits per heavy atom. The maximum Gasteiger partial charge on any atom is 0.254 e. The molecule has 1 aromatic rings. The van der Waals surface area contributed by atoms with Gasteiger partial charge in [-0.05, 0) is 19.8 Å². The quantitative estimate of drug-likeness (QED) is 0.916. The van der Waals surface area contributed by atoms with Gasteiger partial charge in [0.25, 0.3) is 10.0 Å². The average Bonchev–Trinajstić information content (AvgIpc) is 2.98. The third kappa shape index (κ3) is 2.96. The lowest BCUT2D eigenvalue weighted by atomic mass is 10.4. The first kappa shape index (κ1) is 14.4. The Hall–Kier alpha value is -0.990. The lowest BCUT2D eigenvalue weighted by Gasteiger charge is -2.13. The molecule has 0 spiro atoms. The Bertz CT molecular complexity index is 574. The van der Waals surface area contributed by atoms with Crippen molar-refractivity contribution in [2.45, 2.75) is 37.3 Å². The lowest BCUT2D eigenvalue weighted by molar-refractivity contribution is -0.115. The molecule has 0 saturated carbocycles. The monoisotopic (exact) mass is 303 g/mol. The topological polar surface area (TPSA) is 79.4 Å². The summed E-state index contributed by atoms with van der Waals surface area (Å²) in [5, 5.41) is 2.95. The van der Waals surface area contributed by atoms with Gasteiger partial charge in [0.2, 0.25) is 5.91 Å². The van der Waals surface area contributed by atoms with Crippen LogP contribution in [0, 0.1) is 6.92 Å². The summed E-state index contributed by atoms with van der Waals surface area (Å²) in [5.74, 6) is -0.168. The van der Waals surface area contributed by atoms with Crippen LogP contribution in [-0.2, 0) is 14.8 Å². The van der Waals surface area contributed by atoms with Crippen LogP contribution in [0.2, 0.25) is 0 Å². The molecule has 19 heavy (non-hydrogen) atoms. The minimum atomic E-state index is -3.45. The van der Waals surface area contributed by atoms with Crippen LogP contribution in [-0.4, -0.2) is 36.7 Å². The highest BCUT2D eigenvalue weighted by atomic mass is 32.2. The molecule has 1 N–H and O–H groups in total. The molecule has 2 heterocycles. The SMILES string of the molecule is CCC(=O)Nc1nc(C)c(S(=O)(=O)N2CCCC2)s1. The number of nitrogens with zero attached hydrogens (tertiary/aromatic N) is 2. The predicted octanol–water partition coefficient (Wildman–Crippen LogP) is 1.58. The minimum absolute atomic E-state index is 0.168. The minimum Gasteiger partial charge on any atom is -0.302 e. The Labute approximate surface area is 116 Å². The van der Waals surface area contributed by atoms with Crippen LogP contribution < -0.4 is 5.32 Å². The number of sulfonamides is 1. The molecule has 0 bridgehead atoms. The van der Waals surface area contributed by atoms with Gasteiger partial charge in [0.1, 0.15) is 0 Å². The van der Waals surface area contributed by atoms with Crippen LogP contribution in [0.5, 0.6) is 0 Å². The predicted molar refractivity (Wildman–Crippen MR) is 73.8 cm³/mol. The van der Waals surface area contributed by atoms with Crippen molar-refractivity contribution in [1.29, 1.82) is 0 Å². The molecule has 0 aliphatic carbocycles. The van der Waals surface area contributed by atoms with Crippen LogP contribution in [0.3, 0.4) is 0 Å². The van der Waals surface area contributed by atoms with Crippen molar-refractivity contribution in [2.24, 2.45) is 0 Å². The normalized spacial score (nSPS) is 16.7. The molecular formula is C11H17N3O3S2. The summed E-state index contributed by atoms with van der Waals surface area (Å²) in [6.45, 7) is 4.52. The van der Waals surface area contributed by atoms with E-state index in [0.29, 0.717) is 30.3 Å². The maximum absolute atomic E-state index is 12.4. The smallest absolute Gasteiger partial charge is 0.254 e. The number of amides is 1. The summed E-state index contributed by atoms with van der Waals surface area (Å²) in [6, 6.07) is 0. The van der Waals surface area contributed by atoms with Crippen molar-refractivity contribution in [3.63, 3.8) is 0 Å². The van der Waals surface area contributed by atoms with E-state index in [1.54, 1.807) is 13.8 Å². The second-order valence-electron chi connectivity index (χ2n) is 4.40. The van der Waals surface area contributed by atoms with Crippen LogP contribution in [0.15, 0.2) is 4.21 Å². The molecule has 0 aromatic carbocycles. The molecule has 0 atom stereocenters. The first-order valence-corrected chi connectivity index (χ1v) is 8.48. The summed E-state index contributed by atoms with van der Waals surface area (Å²) in [4.78, 5) is 15.4. The van der Waals surface area contributed by atoms with Crippen molar-refractivity contribution in [1.82, 2.24) is 9.29 Å². The zero-order valence-electron chi connectivity index (χ0n) is 11.0. The van der Waals surface area contributed by atoms with Crippen molar-refractivity contribution in [3.05, 3.63) is 5.69 Å². The number of aryl methyl sites for hydroxylation is 1. The first-order chi connectivity index (χ1) is 8.95. The number of carbonyl (C=O) groups is 1. The molecule has 1 aromatic heterocycles. The lowest BCUT2D eigenvalue weighted by Crippen LogP contribution is -2.27. The number of anilines is 1. The van der Waals surface area contributed by atoms with Crippen molar-refractivity contribution in [3.8, 4) is 0 Å². The number of thiazole rings is 1. The third-order valence-electron chi connectivity index (χ3n) is 2.96. The van der Waals surface area contributed by atoms with Gasteiger partial charge in [-0.1, -0.05) is 18.3 Å². The van der Waals surface area contributed by atoms with Gasteiger partial charge in [-0.25, -0.2) is 13.4 Å². The molecular weight excluding hydrogens is 286 g/mol. The van der Waals surface area contributed by atoms with Gasteiger partial charge in [0.05, 0.1) is 5.69 Å². The van der Waals surface area contributed by atoms with Crippen molar-refractivity contribution < 1.29 is 13.2 Å². The zero-order chi connectivity index (χ0) is 14.0. The first-order valence-electron chi connectivity index (χ1n) is 6.22. The summed E-state index contributed by atoms with van der Waals surface area (Å²) >= 11 is 1.02. The molecule has 1 fully saturated rings. The molecule has 0 radical (unpaired) electrons. The Morgan fingerprint density at radius 1 is 1.42 bits per heavy atom. The standard InChI is InChI=1S/C11H17N3O3S2/c1-3-9(15)13-11-12-8(2)10(18-11)19(16,17)14-6-4-5-7-14/h3-7H2,1-2H3,(H,12,13,15). The zero-order valence-corrected chi connectivity index (χ0v) is 12.6. The summed E-state index contributed by atoms with van der Waals surface area (Å²) in [7, 11) is -3.45. The van der Waals surface area contributed by atoms with Crippen LogP contribution in [0.4, 0.5) is 5.13 Å². The fourth-order valence-electron chi connectivity index (χ4n) is 1.93. The molecule has 106 valence electrons. The van der Waals surface area contributed by atoms with Gasteiger partial charge in [-0.3, -0.25) is 4.79 Å². The number of rotatable bonds is 4. The van der Waals surface area contributed by atoms with Gasteiger partial charge < -0.3 is 5.32 Å². The highest BCUT2D eigenvalue weighted by Crippen LogP contribution is 2.31. The van der Waals surface area contributed by atoms with Gasteiger partial charge in [-0.15, -0.1) is 0 Å². The van der Waals surface area contributed by atoms with Crippen molar-refractivity contribution in [2.75, 3.05) is 18.4 Å². The molecule has 0 unspecified atom stereocenters. The number of carbonyl (C=O) groups excluding carboxylic acids is 1. The van der Waals surface area contributed by atoms with E-state index in [9.17, 15) is 13.2 Å². The van der Waals surface area contributed by atoms with Gasteiger partial charge in [0.15, 0.2) is 9.34 Å².